The number of carbonyl (C=O) groups excluding carboxylic acids is 3. The van der Waals surface area contributed by atoms with Crippen LogP contribution < -0.4 is 4.90 Å². The maximum absolute atomic E-state index is 13.9. The van der Waals surface area contributed by atoms with Crippen molar-refractivity contribution in [2.75, 3.05) is 11.4 Å². The Labute approximate surface area is 243 Å². The second-order valence-corrected chi connectivity index (χ2v) is 11.0. The predicted octanol–water partition coefficient (Wildman–Crippen LogP) is 5.27. The molecule has 3 heterocycles. The lowest BCUT2D eigenvalue weighted by Gasteiger charge is -2.25. The molecule has 7 rings (SSSR count). The minimum absolute atomic E-state index is 0.244. The Hall–Kier alpha value is -4.70. The first-order chi connectivity index (χ1) is 20.0. The SMILES string of the molecule is O=C1[C@H]2N=NN(CC(=O)N3N=C(c4cccc5ccccc45)C[C@H]3c3ccccc3)[C@@H]2C(=O)N1c1cccc(Br)c1. The highest BCUT2D eigenvalue weighted by Crippen LogP contribution is 2.36. The number of hydrazone groups is 1. The fourth-order valence-electron chi connectivity index (χ4n) is 5.75. The first-order valence-corrected chi connectivity index (χ1v) is 14.0. The first kappa shape index (κ1) is 25.3. The standard InChI is InChI=1S/C31H23BrN6O3/c32-21-12-7-13-22(16-21)37-30(40)28-29(31(37)41)36(35-33-28)18-27(39)38-26(20-9-2-1-3-10-20)17-25(34-38)24-15-6-11-19-8-4-5-14-23(19)24/h1-16,26,28-29H,17-18H2/t26-,28-,29-/m0/s1. The molecular formula is C31H23BrN6O3. The van der Waals surface area contributed by atoms with Gasteiger partial charge in [-0.2, -0.15) is 10.2 Å². The van der Waals surface area contributed by atoms with Gasteiger partial charge in [0.25, 0.3) is 17.7 Å². The quantitative estimate of drug-likeness (QED) is 0.289. The monoisotopic (exact) mass is 606 g/mol. The van der Waals surface area contributed by atoms with E-state index in [1.54, 1.807) is 18.2 Å². The molecule has 1 fully saturated rings. The normalized spacial score (nSPS) is 21.6. The third kappa shape index (κ3) is 4.31. The van der Waals surface area contributed by atoms with Gasteiger partial charge in [0.1, 0.15) is 6.54 Å². The number of imide groups is 1. The highest BCUT2D eigenvalue weighted by Gasteiger charge is 2.55. The van der Waals surface area contributed by atoms with E-state index in [-0.39, 0.29) is 18.5 Å². The molecule has 0 spiro atoms. The van der Waals surface area contributed by atoms with Crippen LogP contribution in [0.4, 0.5) is 5.69 Å². The van der Waals surface area contributed by atoms with Crippen LogP contribution in [0.3, 0.4) is 0 Å². The van der Waals surface area contributed by atoms with E-state index >= 15 is 0 Å². The molecule has 0 aliphatic carbocycles. The maximum Gasteiger partial charge on any atom is 0.264 e. The van der Waals surface area contributed by atoms with Crippen LogP contribution in [0.2, 0.25) is 0 Å². The molecule has 9 nitrogen and oxygen atoms in total. The Balaban J connectivity index is 1.19. The van der Waals surface area contributed by atoms with Gasteiger partial charge in [0.15, 0.2) is 12.1 Å². The zero-order valence-corrected chi connectivity index (χ0v) is 23.3. The van der Waals surface area contributed by atoms with E-state index in [0.29, 0.717) is 12.1 Å². The van der Waals surface area contributed by atoms with Crippen molar-refractivity contribution in [3.63, 3.8) is 0 Å². The highest BCUT2D eigenvalue weighted by molar-refractivity contribution is 9.10. The van der Waals surface area contributed by atoms with Crippen molar-refractivity contribution in [1.82, 2.24) is 10.0 Å². The molecule has 3 aliphatic rings. The summed E-state index contributed by atoms with van der Waals surface area (Å²) in [4.78, 5) is 41.6. The van der Waals surface area contributed by atoms with Crippen LogP contribution in [-0.2, 0) is 14.4 Å². The van der Waals surface area contributed by atoms with Crippen LogP contribution >= 0.6 is 15.9 Å². The lowest BCUT2D eigenvalue weighted by atomic mass is 9.95. The van der Waals surface area contributed by atoms with E-state index in [0.717, 1.165) is 37.0 Å². The third-order valence-corrected chi connectivity index (χ3v) is 8.17. The lowest BCUT2D eigenvalue weighted by molar-refractivity contribution is -0.135. The molecule has 10 heteroatoms. The molecule has 1 saturated heterocycles. The van der Waals surface area contributed by atoms with Crippen molar-refractivity contribution in [3.05, 3.63) is 113 Å². The number of anilines is 1. The molecule has 3 atom stereocenters. The average molecular weight is 607 g/mol. The Kier molecular flexibility index (Phi) is 6.19. The summed E-state index contributed by atoms with van der Waals surface area (Å²) in [7, 11) is 0. The van der Waals surface area contributed by atoms with Gasteiger partial charge >= 0.3 is 0 Å². The number of halogens is 1. The van der Waals surface area contributed by atoms with Crippen molar-refractivity contribution < 1.29 is 14.4 Å². The molecule has 4 aromatic carbocycles. The van der Waals surface area contributed by atoms with Gasteiger partial charge in [-0.15, -0.1) is 0 Å². The lowest BCUT2D eigenvalue weighted by Crippen LogP contribution is -2.44. The molecule has 0 aromatic heterocycles. The van der Waals surface area contributed by atoms with Crippen LogP contribution in [0.5, 0.6) is 0 Å². The molecule has 0 bridgehead atoms. The van der Waals surface area contributed by atoms with Gasteiger partial charge in [-0.05, 0) is 34.5 Å². The number of amides is 3. The van der Waals surface area contributed by atoms with Gasteiger partial charge in [0.2, 0.25) is 0 Å². The zero-order chi connectivity index (χ0) is 28.1. The van der Waals surface area contributed by atoms with E-state index < -0.39 is 23.9 Å². The zero-order valence-electron chi connectivity index (χ0n) is 21.7. The van der Waals surface area contributed by atoms with Crippen molar-refractivity contribution in [2.45, 2.75) is 24.5 Å². The molecule has 202 valence electrons. The van der Waals surface area contributed by atoms with Gasteiger partial charge in [0, 0.05) is 16.5 Å². The van der Waals surface area contributed by atoms with Crippen LogP contribution in [0, 0.1) is 0 Å². The summed E-state index contributed by atoms with van der Waals surface area (Å²) in [6, 6.07) is 28.6. The topological polar surface area (TPSA) is 98.0 Å². The van der Waals surface area contributed by atoms with E-state index in [1.807, 2.05) is 60.7 Å². The van der Waals surface area contributed by atoms with E-state index in [2.05, 4.69) is 44.5 Å². The predicted molar refractivity (Wildman–Crippen MR) is 157 cm³/mol. The van der Waals surface area contributed by atoms with Gasteiger partial charge in [0.05, 0.1) is 17.4 Å². The number of fused-ring (bicyclic) bond motifs is 2. The Morgan fingerprint density at radius 3 is 2.46 bits per heavy atom. The van der Waals surface area contributed by atoms with Gasteiger partial charge < -0.3 is 0 Å². The van der Waals surface area contributed by atoms with Gasteiger partial charge in [-0.3, -0.25) is 19.4 Å². The van der Waals surface area contributed by atoms with Crippen LogP contribution in [0.15, 0.2) is 117 Å². The smallest absolute Gasteiger partial charge is 0.264 e. The van der Waals surface area contributed by atoms with E-state index in [4.69, 9.17) is 5.10 Å². The van der Waals surface area contributed by atoms with Crippen LogP contribution in [0.1, 0.15) is 23.6 Å². The molecule has 4 aromatic rings. The first-order valence-electron chi connectivity index (χ1n) is 13.2. The number of benzene rings is 4. The largest absolute Gasteiger partial charge is 0.271 e. The number of hydrogen-bond donors (Lipinski definition) is 0. The summed E-state index contributed by atoms with van der Waals surface area (Å²) >= 11 is 3.39. The minimum atomic E-state index is -0.993. The fourth-order valence-corrected chi connectivity index (χ4v) is 6.14. The van der Waals surface area contributed by atoms with Crippen molar-refractivity contribution >= 4 is 55.8 Å². The molecule has 0 unspecified atom stereocenters. The molecule has 3 aliphatic heterocycles. The molecule has 0 N–H and O–H groups in total. The summed E-state index contributed by atoms with van der Waals surface area (Å²) < 4.78 is 0.738. The van der Waals surface area contributed by atoms with Crippen molar-refractivity contribution in [3.8, 4) is 0 Å². The molecule has 0 saturated carbocycles. The number of nitrogens with zero attached hydrogens (tertiary/aromatic N) is 6. The Bertz CT molecular complexity index is 1770. The number of rotatable bonds is 5. The highest BCUT2D eigenvalue weighted by atomic mass is 79.9. The summed E-state index contributed by atoms with van der Waals surface area (Å²) in [5.74, 6) is -1.26. The maximum atomic E-state index is 13.9. The Morgan fingerprint density at radius 1 is 0.878 bits per heavy atom. The minimum Gasteiger partial charge on any atom is -0.271 e. The second kappa shape index (κ2) is 10.0. The van der Waals surface area contributed by atoms with Crippen molar-refractivity contribution in [1.29, 1.82) is 0 Å². The van der Waals surface area contributed by atoms with Crippen LogP contribution in [0.25, 0.3) is 10.8 Å². The number of carbonyl (C=O) groups is 3. The molecule has 0 radical (unpaired) electrons. The third-order valence-electron chi connectivity index (χ3n) is 7.67. The summed E-state index contributed by atoms with van der Waals surface area (Å²) in [5, 5.41) is 18.0. The number of hydrogen-bond acceptors (Lipinski definition) is 7. The Morgan fingerprint density at radius 2 is 1.63 bits per heavy atom. The molecule has 41 heavy (non-hydrogen) atoms. The van der Waals surface area contributed by atoms with E-state index in [1.165, 1.54) is 10.0 Å². The van der Waals surface area contributed by atoms with Crippen LogP contribution in [-0.4, -0.2) is 52.1 Å². The fraction of sp³-hybridized carbons (Fsp3) is 0.161. The van der Waals surface area contributed by atoms with Gasteiger partial charge in [-0.1, -0.05) is 100 Å². The molecule has 3 amide bonds. The second-order valence-electron chi connectivity index (χ2n) is 10.1. The van der Waals surface area contributed by atoms with E-state index in [9.17, 15) is 14.4 Å². The average Bonchev–Trinajstić information content (AvgIpc) is 3.68. The summed E-state index contributed by atoms with van der Waals surface area (Å²) in [5.41, 5.74) is 3.17. The van der Waals surface area contributed by atoms with Crippen molar-refractivity contribution in [2.24, 2.45) is 15.4 Å². The summed E-state index contributed by atoms with van der Waals surface area (Å²) in [6.07, 6.45) is 0.533. The van der Waals surface area contributed by atoms with Gasteiger partial charge in [-0.25, -0.2) is 9.91 Å². The molecular weight excluding hydrogens is 584 g/mol. The summed E-state index contributed by atoms with van der Waals surface area (Å²) in [6.45, 7) is -0.244.